The van der Waals surface area contributed by atoms with Crippen LogP contribution in [0.5, 0.6) is 0 Å². The van der Waals surface area contributed by atoms with E-state index in [2.05, 4.69) is 5.32 Å². The lowest BCUT2D eigenvalue weighted by molar-refractivity contribution is 0.0742. The van der Waals surface area contributed by atoms with Crippen LogP contribution in [0.25, 0.3) is 0 Å². The number of nitrogens with zero attached hydrogens (tertiary/aromatic N) is 5. The van der Waals surface area contributed by atoms with Crippen LogP contribution in [0.3, 0.4) is 0 Å². The van der Waals surface area contributed by atoms with Gasteiger partial charge >= 0.3 is 0 Å². The van der Waals surface area contributed by atoms with Gasteiger partial charge in [0.1, 0.15) is 29.7 Å². The summed E-state index contributed by atoms with van der Waals surface area (Å²) >= 11 is 6.10. The van der Waals surface area contributed by atoms with E-state index in [4.69, 9.17) is 22.1 Å². The van der Waals surface area contributed by atoms with Gasteiger partial charge in [0.2, 0.25) is 0 Å². The molecule has 0 aromatic heterocycles. The minimum atomic E-state index is -0.555. The zero-order valence-corrected chi connectivity index (χ0v) is 17.0. The van der Waals surface area contributed by atoms with Crippen molar-refractivity contribution in [1.82, 2.24) is 4.90 Å². The first-order valence-electron chi connectivity index (χ1n) is 9.28. The number of hydrogen-bond acceptors (Lipinski definition) is 6. The molecule has 1 saturated heterocycles. The number of nitriles is 3. The van der Waals surface area contributed by atoms with Gasteiger partial charge in [-0.3, -0.25) is 4.79 Å². The van der Waals surface area contributed by atoms with Crippen molar-refractivity contribution in [3.8, 4) is 18.2 Å². The first-order chi connectivity index (χ1) is 15.0. The third-order valence-electron chi connectivity index (χ3n) is 4.82. The number of hydrogen-bond donors (Lipinski definition) is 1. The van der Waals surface area contributed by atoms with Gasteiger partial charge in [-0.15, -0.1) is 0 Å². The summed E-state index contributed by atoms with van der Waals surface area (Å²) in [6.07, 6.45) is 0. The van der Waals surface area contributed by atoms with E-state index >= 15 is 0 Å². The monoisotopic (exact) mass is 434 g/mol. The predicted molar refractivity (Wildman–Crippen MR) is 113 cm³/mol. The second-order valence-corrected chi connectivity index (χ2v) is 7.07. The zero-order valence-electron chi connectivity index (χ0n) is 16.3. The van der Waals surface area contributed by atoms with Crippen molar-refractivity contribution in [3.05, 3.63) is 70.1 Å². The molecule has 2 aromatic rings. The molecule has 1 aliphatic rings. The summed E-state index contributed by atoms with van der Waals surface area (Å²) in [5.41, 5.74) is 0.677. The highest BCUT2D eigenvalue weighted by atomic mass is 35.5. The Morgan fingerprint density at radius 2 is 1.68 bits per heavy atom. The maximum atomic E-state index is 14.0. The normalized spacial score (nSPS) is 12.9. The van der Waals surface area contributed by atoms with Gasteiger partial charge in [0, 0.05) is 31.2 Å². The third kappa shape index (κ3) is 4.75. The molecule has 0 atom stereocenters. The quantitative estimate of drug-likeness (QED) is 0.735. The van der Waals surface area contributed by atoms with Crippen LogP contribution < -0.4 is 10.2 Å². The minimum Gasteiger partial charge on any atom is -0.366 e. The number of benzene rings is 2. The van der Waals surface area contributed by atoms with Crippen LogP contribution in [0.2, 0.25) is 5.02 Å². The molecular weight excluding hydrogens is 419 g/mol. The molecule has 3 rings (SSSR count). The van der Waals surface area contributed by atoms with Crippen LogP contribution in [0.1, 0.15) is 10.4 Å². The molecule has 0 radical (unpaired) electrons. The molecule has 1 aliphatic heterocycles. The summed E-state index contributed by atoms with van der Waals surface area (Å²) in [5, 5.41) is 30.7. The van der Waals surface area contributed by atoms with Gasteiger partial charge in [-0.05, 0) is 30.3 Å². The molecule has 2 aromatic carbocycles. The molecule has 1 heterocycles. The lowest BCUT2D eigenvalue weighted by Crippen LogP contribution is -2.49. The van der Waals surface area contributed by atoms with Crippen LogP contribution >= 0.6 is 11.6 Å². The van der Waals surface area contributed by atoms with E-state index in [-0.39, 0.29) is 22.7 Å². The van der Waals surface area contributed by atoms with Gasteiger partial charge < -0.3 is 15.1 Å². The summed E-state index contributed by atoms with van der Waals surface area (Å²) in [5.74, 6) is -0.921. The van der Waals surface area contributed by atoms with Crippen LogP contribution in [-0.4, -0.2) is 37.0 Å². The summed E-state index contributed by atoms with van der Waals surface area (Å²) in [6.45, 7) is 1.67. The Kier molecular flexibility index (Phi) is 6.72. The van der Waals surface area contributed by atoms with Gasteiger partial charge in [0.05, 0.1) is 16.9 Å². The molecule has 0 spiro atoms. The van der Waals surface area contributed by atoms with Crippen molar-refractivity contribution in [1.29, 1.82) is 15.8 Å². The van der Waals surface area contributed by atoms with E-state index in [1.807, 2.05) is 11.0 Å². The molecule has 0 aliphatic carbocycles. The largest absolute Gasteiger partial charge is 0.366 e. The van der Waals surface area contributed by atoms with E-state index in [1.54, 1.807) is 41.3 Å². The zero-order chi connectivity index (χ0) is 22.4. The number of amides is 1. The highest BCUT2D eigenvalue weighted by Crippen LogP contribution is 2.31. The third-order valence-corrected chi connectivity index (χ3v) is 5.05. The Morgan fingerprint density at radius 3 is 2.29 bits per heavy atom. The van der Waals surface area contributed by atoms with Crippen LogP contribution in [0, 0.1) is 39.8 Å². The Hall–Kier alpha value is -4.06. The summed E-state index contributed by atoms with van der Waals surface area (Å²) in [7, 11) is 0. The van der Waals surface area contributed by atoms with E-state index in [0.717, 1.165) is 0 Å². The molecule has 1 fully saturated rings. The summed E-state index contributed by atoms with van der Waals surface area (Å²) in [4.78, 5) is 16.2. The predicted octanol–water partition coefficient (Wildman–Crippen LogP) is 3.68. The van der Waals surface area contributed by atoms with Crippen molar-refractivity contribution in [2.45, 2.75) is 0 Å². The minimum absolute atomic E-state index is 0.0362. The number of nitrogens with one attached hydrogen (secondary N) is 1. The molecular formula is C22H16ClFN6O. The molecule has 1 N–H and O–H groups in total. The lowest BCUT2D eigenvalue weighted by atomic mass is 10.1. The Morgan fingerprint density at radius 1 is 1.00 bits per heavy atom. The summed E-state index contributed by atoms with van der Waals surface area (Å²) in [6, 6.07) is 16.1. The fraction of sp³-hybridized carbons (Fsp3) is 0.182. The molecule has 9 heteroatoms. The highest BCUT2D eigenvalue weighted by Gasteiger charge is 2.25. The molecule has 154 valence electrons. The second kappa shape index (κ2) is 9.63. The SMILES string of the molecule is N#CC(C#N)=C(C#N)Nc1cc(Cl)ccc1N1CCN(C(=O)c2ccccc2F)CC1. The van der Waals surface area contributed by atoms with Crippen LogP contribution in [-0.2, 0) is 0 Å². The van der Waals surface area contributed by atoms with Crippen molar-refractivity contribution >= 4 is 28.9 Å². The Labute approximate surface area is 183 Å². The first-order valence-corrected chi connectivity index (χ1v) is 9.66. The van der Waals surface area contributed by atoms with E-state index in [1.165, 1.54) is 18.2 Å². The first kappa shape index (κ1) is 21.6. The smallest absolute Gasteiger partial charge is 0.256 e. The van der Waals surface area contributed by atoms with Gasteiger partial charge in [0.25, 0.3) is 5.91 Å². The van der Waals surface area contributed by atoms with Gasteiger partial charge in [0.15, 0.2) is 5.57 Å². The van der Waals surface area contributed by atoms with Crippen molar-refractivity contribution < 1.29 is 9.18 Å². The van der Waals surface area contributed by atoms with Crippen molar-refractivity contribution in [2.24, 2.45) is 0 Å². The summed E-state index contributed by atoms with van der Waals surface area (Å²) < 4.78 is 14.0. The Bertz CT molecular complexity index is 1150. The number of carbonyl (C=O) groups is 1. The van der Waals surface area contributed by atoms with Gasteiger partial charge in [-0.25, -0.2) is 4.39 Å². The molecule has 31 heavy (non-hydrogen) atoms. The fourth-order valence-electron chi connectivity index (χ4n) is 3.26. The van der Waals surface area contributed by atoms with E-state index in [0.29, 0.717) is 42.6 Å². The number of anilines is 2. The topological polar surface area (TPSA) is 107 Å². The van der Waals surface area contributed by atoms with Crippen LogP contribution in [0.15, 0.2) is 53.7 Å². The average molecular weight is 435 g/mol. The standard InChI is InChI=1S/C22H16ClFN6O/c23-16-5-6-21(19(11-16)28-20(14-27)15(12-25)13-26)29-7-9-30(10-8-29)22(31)17-3-1-2-4-18(17)24/h1-6,11,28H,7-10H2. The van der Waals surface area contributed by atoms with Crippen LogP contribution in [0.4, 0.5) is 15.8 Å². The number of rotatable bonds is 4. The molecule has 0 bridgehead atoms. The number of halogens is 2. The van der Waals surface area contributed by atoms with Gasteiger partial charge in [-0.2, -0.15) is 15.8 Å². The van der Waals surface area contributed by atoms with Crippen molar-refractivity contribution in [2.75, 3.05) is 36.4 Å². The average Bonchev–Trinajstić information content (AvgIpc) is 2.79. The molecule has 7 nitrogen and oxygen atoms in total. The van der Waals surface area contributed by atoms with E-state index < -0.39 is 5.82 Å². The second-order valence-electron chi connectivity index (χ2n) is 6.63. The fourth-order valence-corrected chi connectivity index (χ4v) is 3.43. The Balaban J connectivity index is 1.80. The van der Waals surface area contributed by atoms with Gasteiger partial charge in [-0.1, -0.05) is 23.7 Å². The number of piperazine rings is 1. The highest BCUT2D eigenvalue weighted by molar-refractivity contribution is 6.31. The molecule has 1 amide bonds. The maximum absolute atomic E-state index is 14.0. The molecule has 0 unspecified atom stereocenters. The number of allylic oxidation sites excluding steroid dienone is 2. The number of carbonyl (C=O) groups excluding carboxylic acids is 1. The lowest BCUT2D eigenvalue weighted by Gasteiger charge is -2.37. The maximum Gasteiger partial charge on any atom is 0.256 e. The molecule has 0 saturated carbocycles. The van der Waals surface area contributed by atoms with E-state index in [9.17, 15) is 14.4 Å². The van der Waals surface area contributed by atoms with Crippen molar-refractivity contribution in [3.63, 3.8) is 0 Å².